The van der Waals surface area contributed by atoms with Gasteiger partial charge in [-0.3, -0.25) is 9.59 Å². The highest BCUT2D eigenvalue weighted by molar-refractivity contribution is 8.16. The summed E-state index contributed by atoms with van der Waals surface area (Å²) in [5.74, 6) is -1.76. The van der Waals surface area contributed by atoms with Crippen LogP contribution in [-0.4, -0.2) is 53.4 Å². The van der Waals surface area contributed by atoms with Gasteiger partial charge in [0, 0.05) is 16.7 Å². The van der Waals surface area contributed by atoms with E-state index in [4.69, 9.17) is 28.3 Å². The zero-order valence-corrected chi connectivity index (χ0v) is 16.4. The number of carboxylic acids is 1. The number of anilines is 1. The van der Waals surface area contributed by atoms with E-state index in [1.165, 1.54) is 11.8 Å². The molecule has 2 aliphatic heterocycles. The quantitative estimate of drug-likeness (QED) is 0.772. The highest BCUT2D eigenvalue weighted by Crippen LogP contribution is 2.43. The Hall–Kier alpha value is -1.29. The summed E-state index contributed by atoms with van der Waals surface area (Å²) in [6, 6.07) is 4.38. The predicted molar refractivity (Wildman–Crippen MR) is 102 cm³/mol. The zero-order valence-electron chi connectivity index (χ0n) is 13.3. The number of rotatable bonds is 4. The number of amides is 1. The Balaban J connectivity index is 1.97. The van der Waals surface area contributed by atoms with Gasteiger partial charge in [-0.2, -0.15) is 4.99 Å². The lowest BCUT2D eigenvalue weighted by Crippen LogP contribution is -2.38. The van der Waals surface area contributed by atoms with E-state index in [1.807, 2.05) is 0 Å². The van der Waals surface area contributed by atoms with Crippen LogP contribution in [0.15, 0.2) is 23.2 Å². The minimum absolute atomic E-state index is 0.0145. The van der Waals surface area contributed by atoms with Crippen LogP contribution in [0.5, 0.6) is 0 Å². The molecule has 2 fully saturated rings. The third kappa shape index (κ3) is 4.16. The standard InChI is InChI=1S/C15H14Cl2N2O5S2/c16-8-1-2-9(17)10(5-8)19-11-6-26(23,24)7-12(11)25-15(19)18-13(20)3-4-14(21)22/h1-2,5,11-12H,3-4,6-7H2,(H,21,22)/t11-,12-/m1/s1. The number of nitrogens with zero attached hydrogens (tertiary/aromatic N) is 2. The molecule has 1 aromatic carbocycles. The Morgan fingerprint density at radius 1 is 1.27 bits per heavy atom. The number of benzene rings is 1. The van der Waals surface area contributed by atoms with Crippen molar-refractivity contribution in [3.63, 3.8) is 0 Å². The van der Waals surface area contributed by atoms with Crippen LogP contribution in [0.3, 0.4) is 0 Å². The van der Waals surface area contributed by atoms with Crippen LogP contribution in [0.4, 0.5) is 5.69 Å². The summed E-state index contributed by atoms with van der Waals surface area (Å²) in [4.78, 5) is 28.3. The Morgan fingerprint density at radius 2 is 2.00 bits per heavy atom. The molecule has 0 spiro atoms. The topological polar surface area (TPSA) is 104 Å². The van der Waals surface area contributed by atoms with Gasteiger partial charge in [0.1, 0.15) is 0 Å². The molecule has 2 atom stereocenters. The van der Waals surface area contributed by atoms with Crippen LogP contribution in [0.1, 0.15) is 12.8 Å². The first kappa shape index (κ1) is 19.5. The molecule has 0 radical (unpaired) electrons. The largest absolute Gasteiger partial charge is 0.481 e. The van der Waals surface area contributed by atoms with Crippen molar-refractivity contribution in [2.45, 2.75) is 24.1 Å². The fraction of sp³-hybridized carbons (Fsp3) is 0.400. The van der Waals surface area contributed by atoms with Gasteiger partial charge >= 0.3 is 5.97 Å². The predicted octanol–water partition coefficient (Wildman–Crippen LogP) is 2.46. The molecule has 0 bridgehead atoms. The van der Waals surface area contributed by atoms with Crippen molar-refractivity contribution in [1.29, 1.82) is 0 Å². The molecule has 2 heterocycles. The molecular formula is C15H14Cl2N2O5S2. The zero-order chi connectivity index (χ0) is 19.1. The Kier molecular flexibility index (Phi) is 5.53. The van der Waals surface area contributed by atoms with E-state index in [2.05, 4.69) is 4.99 Å². The van der Waals surface area contributed by atoms with E-state index >= 15 is 0 Å². The summed E-state index contributed by atoms with van der Waals surface area (Å²) >= 11 is 13.5. The van der Waals surface area contributed by atoms with Crippen molar-refractivity contribution in [3.05, 3.63) is 28.2 Å². The van der Waals surface area contributed by atoms with Crippen LogP contribution < -0.4 is 4.90 Å². The fourth-order valence-corrected chi connectivity index (χ4v) is 7.19. The number of thioether (sulfide) groups is 1. The molecular weight excluding hydrogens is 423 g/mol. The number of carbonyl (C=O) groups is 2. The Bertz CT molecular complexity index is 903. The fourth-order valence-electron chi connectivity index (χ4n) is 2.89. The second-order valence-corrected chi connectivity index (χ2v) is 10.2. The maximum absolute atomic E-state index is 12.0. The third-order valence-electron chi connectivity index (χ3n) is 4.01. The summed E-state index contributed by atoms with van der Waals surface area (Å²) in [5.41, 5.74) is 0.473. The molecule has 2 aliphatic rings. The van der Waals surface area contributed by atoms with Gasteiger partial charge in [0.15, 0.2) is 15.0 Å². The molecule has 0 aromatic heterocycles. The van der Waals surface area contributed by atoms with Crippen molar-refractivity contribution in [3.8, 4) is 0 Å². The van der Waals surface area contributed by atoms with Gasteiger partial charge < -0.3 is 10.0 Å². The van der Waals surface area contributed by atoms with Crippen molar-refractivity contribution in [1.82, 2.24) is 0 Å². The lowest BCUT2D eigenvalue weighted by atomic mass is 10.2. The maximum Gasteiger partial charge on any atom is 0.303 e. The molecule has 3 rings (SSSR count). The summed E-state index contributed by atoms with van der Waals surface area (Å²) in [6.07, 6.45) is -0.552. The van der Waals surface area contributed by atoms with E-state index in [0.29, 0.717) is 20.9 Å². The van der Waals surface area contributed by atoms with E-state index in [1.54, 1.807) is 23.1 Å². The minimum atomic E-state index is -3.20. The van der Waals surface area contributed by atoms with Gasteiger partial charge in [-0.05, 0) is 18.2 Å². The number of hydrogen-bond acceptors (Lipinski definition) is 5. The number of halogens is 2. The Labute approximate surface area is 164 Å². The highest BCUT2D eigenvalue weighted by atomic mass is 35.5. The summed E-state index contributed by atoms with van der Waals surface area (Å²) in [6.45, 7) is 0. The first-order chi connectivity index (χ1) is 12.2. The summed E-state index contributed by atoms with van der Waals surface area (Å²) in [7, 11) is -3.20. The van der Waals surface area contributed by atoms with Crippen molar-refractivity contribution in [2.75, 3.05) is 16.4 Å². The normalized spacial score (nSPS) is 25.5. The number of aliphatic carboxylic acids is 1. The lowest BCUT2D eigenvalue weighted by molar-refractivity contribution is -0.138. The molecule has 7 nitrogen and oxygen atoms in total. The molecule has 1 N–H and O–H groups in total. The second-order valence-electron chi connectivity index (χ2n) is 5.95. The minimum Gasteiger partial charge on any atom is -0.481 e. The average molecular weight is 437 g/mol. The highest BCUT2D eigenvalue weighted by Gasteiger charge is 2.49. The first-order valence-electron chi connectivity index (χ1n) is 7.61. The molecule has 140 valence electrons. The van der Waals surface area contributed by atoms with Crippen LogP contribution in [0.25, 0.3) is 0 Å². The monoisotopic (exact) mass is 436 g/mol. The summed E-state index contributed by atoms with van der Waals surface area (Å²) < 4.78 is 24.0. The van der Waals surface area contributed by atoms with E-state index in [-0.39, 0.29) is 29.6 Å². The molecule has 11 heteroatoms. The van der Waals surface area contributed by atoms with Crippen LogP contribution >= 0.6 is 35.0 Å². The van der Waals surface area contributed by atoms with E-state index in [9.17, 15) is 18.0 Å². The molecule has 0 saturated carbocycles. The third-order valence-corrected chi connectivity index (χ3v) is 7.77. The lowest BCUT2D eigenvalue weighted by Gasteiger charge is -2.25. The van der Waals surface area contributed by atoms with Crippen molar-refractivity contribution >= 4 is 67.5 Å². The number of carboxylic acid groups (broad SMARTS) is 1. The smallest absolute Gasteiger partial charge is 0.303 e. The summed E-state index contributed by atoms with van der Waals surface area (Å²) in [5, 5.41) is 9.50. The maximum atomic E-state index is 12.0. The molecule has 0 aliphatic carbocycles. The number of fused-ring (bicyclic) bond motifs is 1. The van der Waals surface area contributed by atoms with E-state index in [0.717, 1.165) is 0 Å². The van der Waals surface area contributed by atoms with E-state index < -0.39 is 27.8 Å². The SMILES string of the molecule is O=C(O)CCC(=O)N=C1S[C@@H]2CS(=O)(=O)C[C@H]2N1c1cc(Cl)ccc1Cl. The van der Waals surface area contributed by atoms with Gasteiger partial charge in [-0.1, -0.05) is 35.0 Å². The van der Waals surface area contributed by atoms with Gasteiger partial charge in [0.2, 0.25) is 5.91 Å². The second kappa shape index (κ2) is 7.38. The molecule has 0 unspecified atom stereocenters. The molecule has 1 aromatic rings. The molecule has 2 saturated heterocycles. The van der Waals surface area contributed by atoms with Crippen molar-refractivity contribution < 1.29 is 23.1 Å². The number of amidine groups is 1. The van der Waals surface area contributed by atoms with Crippen LogP contribution in [0, 0.1) is 0 Å². The average Bonchev–Trinajstić information content (AvgIpc) is 2.99. The van der Waals surface area contributed by atoms with Gasteiger partial charge in [0.05, 0.1) is 34.7 Å². The van der Waals surface area contributed by atoms with Gasteiger partial charge in [-0.15, -0.1) is 0 Å². The first-order valence-corrected chi connectivity index (χ1v) is 11.1. The molecule has 26 heavy (non-hydrogen) atoms. The van der Waals surface area contributed by atoms with Gasteiger partial charge in [0.25, 0.3) is 0 Å². The number of carbonyl (C=O) groups excluding carboxylic acids is 1. The van der Waals surface area contributed by atoms with Crippen LogP contribution in [0.2, 0.25) is 10.0 Å². The van der Waals surface area contributed by atoms with Crippen LogP contribution in [-0.2, 0) is 19.4 Å². The molecule has 1 amide bonds. The number of sulfone groups is 1. The van der Waals surface area contributed by atoms with Crippen molar-refractivity contribution in [2.24, 2.45) is 4.99 Å². The van der Waals surface area contributed by atoms with Gasteiger partial charge in [-0.25, -0.2) is 8.42 Å². The number of hydrogen-bond donors (Lipinski definition) is 1. The number of aliphatic imine (C=N–C) groups is 1. The Morgan fingerprint density at radius 3 is 2.69 bits per heavy atom.